The van der Waals surface area contributed by atoms with E-state index in [9.17, 15) is 18.0 Å². The molecule has 4 N–H and O–H groups in total. The molecule has 11 heteroatoms. The Morgan fingerprint density at radius 2 is 1.97 bits per heavy atom. The molecule has 0 unspecified atom stereocenters. The fourth-order valence-electron chi connectivity index (χ4n) is 3.59. The number of anilines is 3. The Morgan fingerprint density at radius 3 is 2.64 bits per heavy atom. The van der Waals surface area contributed by atoms with Crippen LogP contribution in [0.3, 0.4) is 0 Å². The van der Waals surface area contributed by atoms with E-state index < -0.39 is 23.8 Å². The fourth-order valence-corrected chi connectivity index (χ4v) is 3.59. The lowest BCUT2D eigenvalue weighted by Gasteiger charge is -2.16. The number of halogens is 3. The molecule has 0 saturated heterocycles. The quantitative estimate of drug-likeness (QED) is 0.235. The molecular weight excluding hydrogens is 475 g/mol. The van der Waals surface area contributed by atoms with Gasteiger partial charge in [0.2, 0.25) is 5.95 Å². The van der Waals surface area contributed by atoms with Gasteiger partial charge in [0.25, 0.3) is 0 Å². The molecule has 8 nitrogen and oxygen atoms in total. The van der Waals surface area contributed by atoms with Crippen molar-refractivity contribution in [3.05, 3.63) is 35.5 Å². The molecule has 0 bridgehead atoms. The van der Waals surface area contributed by atoms with Crippen molar-refractivity contribution in [3.63, 3.8) is 0 Å². The van der Waals surface area contributed by atoms with E-state index in [1.807, 2.05) is 0 Å². The molecule has 198 valence electrons. The topological polar surface area (TPSA) is 111 Å². The van der Waals surface area contributed by atoms with Crippen LogP contribution >= 0.6 is 0 Å². The molecule has 1 saturated carbocycles. The van der Waals surface area contributed by atoms with E-state index in [1.54, 1.807) is 18.2 Å². The molecule has 0 spiro atoms. The van der Waals surface area contributed by atoms with Crippen molar-refractivity contribution in [2.45, 2.75) is 76.6 Å². The number of hydrogen-bond acceptors (Lipinski definition) is 8. The first-order chi connectivity index (χ1) is 17.2. The summed E-state index contributed by atoms with van der Waals surface area (Å²) in [7, 11) is 1.46. The molecule has 1 aliphatic rings. The molecule has 1 fully saturated rings. The molecule has 0 aliphatic heterocycles. The molecule has 1 atom stereocenters. The third-order valence-corrected chi connectivity index (χ3v) is 5.78. The minimum atomic E-state index is -4.57. The van der Waals surface area contributed by atoms with Crippen molar-refractivity contribution >= 4 is 23.4 Å². The molecule has 0 amide bonds. The van der Waals surface area contributed by atoms with E-state index in [-0.39, 0.29) is 24.2 Å². The van der Waals surface area contributed by atoms with Crippen molar-refractivity contribution in [2.24, 2.45) is 5.73 Å². The summed E-state index contributed by atoms with van der Waals surface area (Å²) in [6, 6.07) is 4.29. The van der Waals surface area contributed by atoms with Gasteiger partial charge in [-0.3, -0.25) is 4.79 Å². The van der Waals surface area contributed by atoms with Crippen LogP contribution in [-0.4, -0.2) is 41.7 Å². The number of hydrogen-bond donors (Lipinski definition) is 3. The number of carbonyl (C=O) groups is 1. The minimum absolute atomic E-state index is 0.00332. The van der Waals surface area contributed by atoms with Crippen molar-refractivity contribution in [1.82, 2.24) is 9.97 Å². The molecule has 1 aromatic heterocycles. The van der Waals surface area contributed by atoms with Gasteiger partial charge in [0.1, 0.15) is 23.2 Å². The van der Waals surface area contributed by atoms with Gasteiger partial charge in [-0.2, -0.15) is 18.2 Å². The van der Waals surface area contributed by atoms with Gasteiger partial charge >= 0.3 is 12.1 Å². The van der Waals surface area contributed by atoms with E-state index in [0.717, 1.165) is 50.3 Å². The lowest BCUT2D eigenvalue weighted by Crippen LogP contribution is -2.34. The van der Waals surface area contributed by atoms with Gasteiger partial charge < -0.3 is 25.8 Å². The van der Waals surface area contributed by atoms with Crippen LogP contribution in [0, 0.1) is 0 Å². The van der Waals surface area contributed by atoms with Gasteiger partial charge in [-0.15, -0.1) is 0 Å². The Labute approximate surface area is 209 Å². The molecule has 0 radical (unpaired) electrons. The van der Waals surface area contributed by atoms with Gasteiger partial charge in [0.05, 0.1) is 19.4 Å². The summed E-state index contributed by atoms with van der Waals surface area (Å²) < 4.78 is 50.7. The van der Waals surface area contributed by atoms with Gasteiger partial charge in [0.15, 0.2) is 0 Å². The van der Waals surface area contributed by atoms with Crippen molar-refractivity contribution in [1.29, 1.82) is 0 Å². The number of alkyl halides is 3. The summed E-state index contributed by atoms with van der Waals surface area (Å²) in [4.78, 5) is 20.1. The molecular formula is C25H34F3N5O3. The Kier molecular flexibility index (Phi) is 9.74. The Hall–Kier alpha value is -3.08. The highest BCUT2D eigenvalue weighted by Gasteiger charge is 2.37. The highest BCUT2D eigenvalue weighted by atomic mass is 19.4. The second-order valence-corrected chi connectivity index (χ2v) is 8.92. The predicted octanol–water partition coefficient (Wildman–Crippen LogP) is 5.21. The minimum Gasteiger partial charge on any atom is -0.495 e. The SMILES string of the molecule is CCCCCCCOC(=O)[C@@H](N)Cc1ccc(Nc2ncc(C(F)(F)F)c(NC3CC3)n2)c(OC)c1. The number of nitrogens with one attached hydrogen (secondary N) is 2. The molecule has 1 heterocycles. The van der Waals surface area contributed by atoms with Crippen molar-refractivity contribution in [2.75, 3.05) is 24.4 Å². The second kappa shape index (κ2) is 12.8. The Morgan fingerprint density at radius 1 is 1.22 bits per heavy atom. The van der Waals surface area contributed by atoms with Crippen LogP contribution in [0.15, 0.2) is 24.4 Å². The first-order valence-electron chi connectivity index (χ1n) is 12.3. The normalized spacial score (nSPS) is 14.3. The van der Waals surface area contributed by atoms with Crippen LogP contribution in [0.4, 0.5) is 30.6 Å². The molecule has 36 heavy (non-hydrogen) atoms. The number of carbonyl (C=O) groups excluding carboxylic acids is 1. The number of rotatable bonds is 14. The number of methoxy groups -OCH3 is 1. The highest BCUT2D eigenvalue weighted by molar-refractivity contribution is 5.76. The zero-order valence-corrected chi connectivity index (χ0v) is 20.7. The second-order valence-electron chi connectivity index (χ2n) is 8.92. The smallest absolute Gasteiger partial charge is 0.421 e. The number of aromatic nitrogens is 2. The third kappa shape index (κ3) is 8.25. The Balaban J connectivity index is 1.62. The lowest BCUT2D eigenvalue weighted by atomic mass is 10.1. The van der Waals surface area contributed by atoms with Gasteiger partial charge in [-0.1, -0.05) is 38.7 Å². The average molecular weight is 510 g/mol. The predicted molar refractivity (Wildman–Crippen MR) is 131 cm³/mol. The van der Waals surface area contributed by atoms with Crippen LogP contribution in [0.1, 0.15) is 63.0 Å². The number of unbranched alkanes of at least 4 members (excludes halogenated alkanes) is 4. The maximum Gasteiger partial charge on any atom is 0.421 e. The van der Waals surface area contributed by atoms with E-state index in [0.29, 0.717) is 18.0 Å². The zero-order chi connectivity index (χ0) is 26.1. The summed E-state index contributed by atoms with van der Waals surface area (Å²) in [5, 5.41) is 5.72. The first kappa shape index (κ1) is 27.5. The fraction of sp³-hybridized carbons (Fsp3) is 0.560. The number of ether oxygens (including phenoxy) is 2. The average Bonchev–Trinajstić information content (AvgIpc) is 3.65. The highest BCUT2D eigenvalue weighted by Crippen LogP contribution is 2.37. The van der Waals surface area contributed by atoms with E-state index >= 15 is 0 Å². The van der Waals surface area contributed by atoms with Crippen LogP contribution in [0.5, 0.6) is 5.75 Å². The summed E-state index contributed by atoms with van der Waals surface area (Å²) in [5.74, 6) is -0.311. The van der Waals surface area contributed by atoms with Crippen LogP contribution < -0.4 is 21.1 Å². The first-order valence-corrected chi connectivity index (χ1v) is 12.3. The molecule has 1 aromatic carbocycles. The van der Waals surface area contributed by atoms with Crippen LogP contribution in [0.2, 0.25) is 0 Å². The van der Waals surface area contributed by atoms with Gasteiger partial charge in [-0.05, 0) is 43.4 Å². The number of nitrogens with two attached hydrogens (primary N) is 1. The Bertz CT molecular complexity index is 1010. The summed E-state index contributed by atoms with van der Waals surface area (Å²) >= 11 is 0. The standard InChI is InChI=1S/C25H34F3N5O3/c1-3-4-5-6-7-12-36-23(34)19(29)13-16-8-11-20(21(14-16)35-2)32-24-30-15-18(25(26,27)28)22(33-24)31-17-9-10-17/h8,11,14-15,17,19H,3-7,9-10,12-13,29H2,1-2H3,(H2,30,31,32,33)/t19-/m0/s1. The van der Waals surface area contributed by atoms with Crippen molar-refractivity contribution in [3.8, 4) is 5.75 Å². The maximum atomic E-state index is 13.3. The molecule has 2 aromatic rings. The summed E-state index contributed by atoms with van der Waals surface area (Å²) in [5.41, 5.74) is 6.32. The molecule has 1 aliphatic carbocycles. The third-order valence-electron chi connectivity index (χ3n) is 5.78. The van der Waals surface area contributed by atoms with Crippen LogP contribution in [0.25, 0.3) is 0 Å². The summed E-state index contributed by atoms with van der Waals surface area (Å²) in [6.07, 6.45) is 3.32. The number of benzene rings is 1. The van der Waals surface area contributed by atoms with E-state index in [4.69, 9.17) is 15.2 Å². The largest absolute Gasteiger partial charge is 0.495 e. The maximum absolute atomic E-state index is 13.3. The van der Waals surface area contributed by atoms with Crippen LogP contribution in [-0.2, 0) is 22.1 Å². The number of esters is 1. The zero-order valence-electron chi connectivity index (χ0n) is 20.7. The number of nitrogens with zero attached hydrogens (tertiary/aromatic N) is 2. The lowest BCUT2D eigenvalue weighted by molar-refractivity contribution is -0.145. The van der Waals surface area contributed by atoms with Gasteiger partial charge in [-0.25, -0.2) is 4.98 Å². The monoisotopic (exact) mass is 509 g/mol. The summed E-state index contributed by atoms with van der Waals surface area (Å²) in [6.45, 7) is 2.50. The van der Waals surface area contributed by atoms with Crippen molar-refractivity contribution < 1.29 is 27.4 Å². The molecule has 3 rings (SSSR count). The van der Waals surface area contributed by atoms with E-state index in [1.165, 1.54) is 13.5 Å². The van der Waals surface area contributed by atoms with E-state index in [2.05, 4.69) is 27.5 Å². The van der Waals surface area contributed by atoms with Gasteiger partial charge in [0, 0.05) is 12.2 Å².